The molecule has 1 N–H and O–H groups in total. The van der Waals surface area contributed by atoms with E-state index in [0.717, 1.165) is 25.0 Å². The number of benzene rings is 1. The quantitative estimate of drug-likeness (QED) is 0.709. The molecule has 1 heterocycles. The third-order valence-electron chi connectivity index (χ3n) is 3.14. The Labute approximate surface area is 139 Å². The second-order valence-electron chi connectivity index (χ2n) is 4.94. The molecule has 0 fully saturated rings. The van der Waals surface area contributed by atoms with Gasteiger partial charge in [0, 0.05) is 11.1 Å². The monoisotopic (exact) mass is 338 g/mol. The molecular formula is C17H19ClO5. The van der Waals surface area contributed by atoms with Gasteiger partial charge in [-0.05, 0) is 43.5 Å². The van der Waals surface area contributed by atoms with Gasteiger partial charge in [-0.3, -0.25) is 4.79 Å². The van der Waals surface area contributed by atoms with E-state index in [1.54, 1.807) is 12.1 Å². The van der Waals surface area contributed by atoms with Crippen molar-refractivity contribution in [1.82, 2.24) is 0 Å². The summed E-state index contributed by atoms with van der Waals surface area (Å²) in [7, 11) is 0. The molecule has 2 rings (SSSR count). The number of ether oxygens (including phenoxy) is 2. The van der Waals surface area contributed by atoms with E-state index < -0.39 is 0 Å². The van der Waals surface area contributed by atoms with E-state index in [2.05, 4.69) is 0 Å². The molecule has 0 aliphatic carbocycles. The van der Waals surface area contributed by atoms with Crippen molar-refractivity contribution in [3.05, 3.63) is 57.6 Å². The maximum atomic E-state index is 11.6. The van der Waals surface area contributed by atoms with Gasteiger partial charge in [-0.15, -0.1) is 0 Å². The largest absolute Gasteiger partial charge is 0.494 e. The van der Waals surface area contributed by atoms with Gasteiger partial charge in [-0.1, -0.05) is 11.6 Å². The number of unbranched alkanes of at least 4 members (excludes halogenated alkanes) is 2. The van der Waals surface area contributed by atoms with Crippen molar-refractivity contribution in [1.29, 1.82) is 0 Å². The molecule has 2 aromatic rings. The van der Waals surface area contributed by atoms with E-state index >= 15 is 0 Å². The highest BCUT2D eigenvalue weighted by molar-refractivity contribution is 6.30. The topological polar surface area (TPSA) is 68.9 Å². The van der Waals surface area contributed by atoms with Crippen molar-refractivity contribution in [3.63, 3.8) is 0 Å². The van der Waals surface area contributed by atoms with Crippen molar-refractivity contribution < 1.29 is 19.0 Å². The first-order chi connectivity index (χ1) is 11.2. The van der Waals surface area contributed by atoms with Crippen LogP contribution < -0.4 is 14.9 Å². The lowest BCUT2D eigenvalue weighted by Crippen LogP contribution is -2.09. The van der Waals surface area contributed by atoms with Crippen molar-refractivity contribution in [3.8, 4) is 11.5 Å². The zero-order valence-electron chi connectivity index (χ0n) is 12.7. The molecule has 0 atom stereocenters. The lowest BCUT2D eigenvalue weighted by atomic mass is 10.2. The van der Waals surface area contributed by atoms with Crippen LogP contribution in [0, 0.1) is 0 Å². The summed E-state index contributed by atoms with van der Waals surface area (Å²) >= 11 is 5.80. The zero-order chi connectivity index (χ0) is 16.5. The van der Waals surface area contributed by atoms with Gasteiger partial charge < -0.3 is 19.0 Å². The van der Waals surface area contributed by atoms with Crippen LogP contribution in [-0.2, 0) is 6.61 Å². The molecule has 0 spiro atoms. The Balaban J connectivity index is 1.59. The lowest BCUT2D eigenvalue weighted by Gasteiger charge is -2.07. The van der Waals surface area contributed by atoms with Crippen LogP contribution in [0.4, 0.5) is 0 Å². The van der Waals surface area contributed by atoms with Gasteiger partial charge in [0.2, 0.25) is 11.2 Å². The third-order valence-corrected chi connectivity index (χ3v) is 3.39. The molecule has 0 bridgehead atoms. The average molecular weight is 339 g/mol. The highest BCUT2D eigenvalue weighted by atomic mass is 35.5. The number of halogens is 1. The van der Waals surface area contributed by atoms with Crippen LogP contribution in [0.2, 0.25) is 5.02 Å². The molecule has 0 aliphatic heterocycles. The second-order valence-corrected chi connectivity index (χ2v) is 5.38. The van der Waals surface area contributed by atoms with Crippen LogP contribution in [0.25, 0.3) is 0 Å². The van der Waals surface area contributed by atoms with Crippen LogP contribution in [0.1, 0.15) is 25.0 Å². The molecule has 0 saturated heterocycles. The molecule has 1 aromatic carbocycles. The van der Waals surface area contributed by atoms with Crippen LogP contribution >= 0.6 is 11.6 Å². The van der Waals surface area contributed by atoms with Crippen molar-refractivity contribution in [2.45, 2.75) is 25.9 Å². The zero-order valence-corrected chi connectivity index (χ0v) is 13.4. The normalized spacial score (nSPS) is 10.5. The fraction of sp³-hybridized carbons (Fsp3) is 0.353. The van der Waals surface area contributed by atoms with Crippen LogP contribution in [0.3, 0.4) is 0 Å². The summed E-state index contributed by atoms with van der Waals surface area (Å²) in [6, 6.07) is 8.48. The van der Waals surface area contributed by atoms with Crippen molar-refractivity contribution >= 4 is 11.6 Å². The smallest absolute Gasteiger partial charge is 0.227 e. The molecule has 0 amide bonds. The van der Waals surface area contributed by atoms with Gasteiger partial charge in [0.25, 0.3) is 0 Å². The van der Waals surface area contributed by atoms with Crippen LogP contribution in [0.15, 0.2) is 45.8 Å². The van der Waals surface area contributed by atoms with Gasteiger partial charge in [0.1, 0.15) is 24.4 Å². The van der Waals surface area contributed by atoms with Crippen LogP contribution in [0.5, 0.6) is 11.5 Å². The first-order valence-corrected chi connectivity index (χ1v) is 7.80. The predicted octanol–water partition coefficient (Wildman–Crippen LogP) is 3.41. The number of hydrogen-bond donors (Lipinski definition) is 1. The highest BCUT2D eigenvalue weighted by Crippen LogP contribution is 2.15. The SMILES string of the molecule is O=c1cc(CO)occ1OCCCCCOc1ccc(Cl)cc1. The lowest BCUT2D eigenvalue weighted by molar-refractivity contribution is 0.235. The summed E-state index contributed by atoms with van der Waals surface area (Å²) in [5.41, 5.74) is -0.286. The predicted molar refractivity (Wildman–Crippen MR) is 87.2 cm³/mol. The van der Waals surface area contributed by atoms with Gasteiger partial charge in [0.15, 0.2) is 0 Å². The molecule has 0 saturated carbocycles. The van der Waals surface area contributed by atoms with E-state index in [9.17, 15) is 4.79 Å². The first-order valence-electron chi connectivity index (χ1n) is 7.43. The Hall–Kier alpha value is -1.98. The Kier molecular flexibility index (Phi) is 6.97. The Morgan fingerprint density at radius 3 is 2.39 bits per heavy atom. The Morgan fingerprint density at radius 2 is 1.74 bits per heavy atom. The fourth-order valence-corrected chi connectivity index (χ4v) is 2.04. The molecule has 6 heteroatoms. The van der Waals surface area contributed by atoms with E-state index in [1.165, 1.54) is 12.3 Å². The number of aliphatic hydroxyl groups is 1. The molecular weight excluding hydrogens is 320 g/mol. The fourth-order valence-electron chi connectivity index (χ4n) is 1.91. The number of hydrogen-bond acceptors (Lipinski definition) is 5. The summed E-state index contributed by atoms with van der Waals surface area (Å²) < 4.78 is 16.0. The summed E-state index contributed by atoms with van der Waals surface area (Å²) in [5.74, 6) is 1.19. The van der Waals surface area contributed by atoms with Gasteiger partial charge in [-0.2, -0.15) is 0 Å². The summed E-state index contributed by atoms with van der Waals surface area (Å²) in [6.07, 6.45) is 3.86. The Morgan fingerprint density at radius 1 is 1.04 bits per heavy atom. The van der Waals surface area contributed by atoms with Gasteiger partial charge in [-0.25, -0.2) is 0 Å². The average Bonchev–Trinajstić information content (AvgIpc) is 2.56. The van der Waals surface area contributed by atoms with Gasteiger partial charge >= 0.3 is 0 Å². The molecule has 0 unspecified atom stereocenters. The standard InChI is InChI=1S/C17H19ClO5/c18-13-4-6-14(7-5-13)21-8-2-1-3-9-22-17-12-23-15(11-19)10-16(17)20/h4-7,10,12,19H,1-3,8-9,11H2. The van der Waals surface area contributed by atoms with Gasteiger partial charge in [0.05, 0.1) is 13.2 Å². The van der Waals surface area contributed by atoms with Crippen LogP contribution in [-0.4, -0.2) is 18.3 Å². The first kappa shape index (κ1) is 17.4. The molecule has 0 radical (unpaired) electrons. The van der Waals surface area contributed by atoms with E-state index in [4.69, 9.17) is 30.6 Å². The third kappa shape index (κ3) is 5.96. The minimum Gasteiger partial charge on any atom is -0.494 e. The molecule has 124 valence electrons. The highest BCUT2D eigenvalue weighted by Gasteiger charge is 2.03. The molecule has 1 aromatic heterocycles. The summed E-state index contributed by atoms with van der Waals surface area (Å²) in [6.45, 7) is 0.752. The van der Waals surface area contributed by atoms with Crippen molar-refractivity contribution in [2.24, 2.45) is 0 Å². The maximum absolute atomic E-state index is 11.6. The summed E-state index contributed by atoms with van der Waals surface area (Å²) in [4.78, 5) is 11.6. The van der Waals surface area contributed by atoms with E-state index in [-0.39, 0.29) is 23.5 Å². The second kappa shape index (κ2) is 9.22. The van der Waals surface area contributed by atoms with E-state index in [1.807, 2.05) is 12.1 Å². The molecule has 5 nitrogen and oxygen atoms in total. The number of aliphatic hydroxyl groups excluding tert-OH is 1. The molecule has 0 aliphatic rings. The number of rotatable bonds is 9. The maximum Gasteiger partial charge on any atom is 0.227 e. The summed E-state index contributed by atoms with van der Waals surface area (Å²) in [5, 5.41) is 9.54. The Bertz CT molecular complexity index is 651. The minimum atomic E-state index is -0.302. The van der Waals surface area contributed by atoms with E-state index in [0.29, 0.717) is 18.2 Å². The molecule has 23 heavy (non-hydrogen) atoms. The van der Waals surface area contributed by atoms with Crippen molar-refractivity contribution in [2.75, 3.05) is 13.2 Å². The minimum absolute atomic E-state index is 0.166.